The second kappa shape index (κ2) is 8.40. The standard InChI is InChI=1S/C25H20N2O2/c1-29-21-14-12-19(13-15-21)22(18-7-3-2-4-8-18)17-24(28)27-23-11-5-9-20-10-6-16-26-25(20)23/h2-17H,1H3,(H,27,28)/b22-17-. The van der Waals surface area contributed by atoms with E-state index >= 15 is 0 Å². The minimum atomic E-state index is -0.210. The third-order valence-electron chi connectivity index (χ3n) is 4.65. The summed E-state index contributed by atoms with van der Waals surface area (Å²) in [5, 5.41) is 3.95. The molecule has 0 spiro atoms. The summed E-state index contributed by atoms with van der Waals surface area (Å²) >= 11 is 0. The Morgan fingerprint density at radius 2 is 1.59 bits per heavy atom. The largest absolute Gasteiger partial charge is 0.497 e. The third-order valence-corrected chi connectivity index (χ3v) is 4.65. The van der Waals surface area contributed by atoms with Crippen LogP contribution in [0.4, 0.5) is 5.69 Å². The van der Waals surface area contributed by atoms with E-state index in [1.165, 1.54) is 0 Å². The molecule has 1 aromatic heterocycles. The number of hydrogen-bond donors (Lipinski definition) is 1. The fourth-order valence-electron chi connectivity index (χ4n) is 3.23. The van der Waals surface area contributed by atoms with E-state index in [9.17, 15) is 4.79 Å². The van der Waals surface area contributed by atoms with E-state index in [1.807, 2.05) is 84.9 Å². The molecule has 1 amide bonds. The molecule has 4 aromatic rings. The van der Waals surface area contributed by atoms with Crippen molar-refractivity contribution in [3.8, 4) is 5.75 Å². The van der Waals surface area contributed by atoms with Crippen LogP contribution in [0.2, 0.25) is 0 Å². The summed E-state index contributed by atoms with van der Waals surface area (Å²) < 4.78 is 5.25. The summed E-state index contributed by atoms with van der Waals surface area (Å²) in [6.45, 7) is 0. The number of anilines is 1. The monoisotopic (exact) mass is 380 g/mol. The molecule has 0 aliphatic heterocycles. The van der Waals surface area contributed by atoms with E-state index in [0.29, 0.717) is 5.69 Å². The highest BCUT2D eigenvalue weighted by atomic mass is 16.5. The molecule has 1 heterocycles. The van der Waals surface area contributed by atoms with Crippen molar-refractivity contribution in [2.75, 3.05) is 12.4 Å². The molecule has 0 saturated heterocycles. The van der Waals surface area contributed by atoms with Crippen LogP contribution in [0.3, 0.4) is 0 Å². The van der Waals surface area contributed by atoms with Crippen molar-refractivity contribution in [2.24, 2.45) is 0 Å². The lowest BCUT2D eigenvalue weighted by Crippen LogP contribution is -2.10. The molecule has 4 heteroatoms. The number of benzene rings is 3. The van der Waals surface area contributed by atoms with Gasteiger partial charge in [-0.15, -0.1) is 0 Å². The van der Waals surface area contributed by atoms with Gasteiger partial charge in [0.15, 0.2) is 0 Å². The fraction of sp³-hybridized carbons (Fsp3) is 0.0400. The van der Waals surface area contributed by atoms with Gasteiger partial charge in [-0.25, -0.2) is 0 Å². The minimum Gasteiger partial charge on any atom is -0.497 e. The number of carbonyl (C=O) groups is 1. The van der Waals surface area contributed by atoms with Gasteiger partial charge in [0.05, 0.1) is 18.3 Å². The number of rotatable bonds is 5. The van der Waals surface area contributed by atoms with Crippen LogP contribution < -0.4 is 10.1 Å². The van der Waals surface area contributed by atoms with E-state index in [4.69, 9.17) is 4.74 Å². The number of ether oxygens (including phenoxy) is 1. The average molecular weight is 380 g/mol. The summed E-state index contributed by atoms with van der Waals surface area (Å²) in [7, 11) is 1.63. The second-order valence-corrected chi connectivity index (χ2v) is 6.52. The highest BCUT2D eigenvalue weighted by molar-refractivity contribution is 6.09. The van der Waals surface area contributed by atoms with Crippen LogP contribution in [0.15, 0.2) is 97.2 Å². The minimum absolute atomic E-state index is 0.210. The first kappa shape index (κ1) is 18.4. The van der Waals surface area contributed by atoms with Crippen molar-refractivity contribution in [2.45, 2.75) is 0 Å². The molecule has 0 radical (unpaired) electrons. The Labute approximate surface area is 169 Å². The zero-order valence-electron chi connectivity index (χ0n) is 16.0. The molecule has 0 aliphatic carbocycles. The van der Waals surface area contributed by atoms with Crippen molar-refractivity contribution in [3.63, 3.8) is 0 Å². The third kappa shape index (κ3) is 4.17. The Balaban J connectivity index is 1.70. The smallest absolute Gasteiger partial charge is 0.249 e. The predicted octanol–water partition coefficient (Wildman–Crippen LogP) is 5.31. The molecule has 0 atom stereocenters. The van der Waals surface area contributed by atoms with Gasteiger partial charge in [-0.3, -0.25) is 9.78 Å². The molecule has 4 nitrogen and oxygen atoms in total. The molecular formula is C25H20N2O2. The fourth-order valence-corrected chi connectivity index (χ4v) is 3.23. The summed E-state index contributed by atoms with van der Waals surface area (Å²) in [5.74, 6) is 0.560. The number of nitrogens with zero attached hydrogens (tertiary/aromatic N) is 1. The first-order chi connectivity index (χ1) is 14.2. The molecule has 4 rings (SSSR count). The Hall–Kier alpha value is -3.92. The van der Waals surface area contributed by atoms with Gasteiger partial charge in [0, 0.05) is 17.7 Å². The van der Waals surface area contributed by atoms with Crippen molar-refractivity contribution in [1.29, 1.82) is 0 Å². The van der Waals surface area contributed by atoms with Crippen LogP contribution in [0, 0.1) is 0 Å². The van der Waals surface area contributed by atoms with Gasteiger partial charge in [-0.2, -0.15) is 0 Å². The Morgan fingerprint density at radius 3 is 2.34 bits per heavy atom. The second-order valence-electron chi connectivity index (χ2n) is 6.52. The van der Waals surface area contributed by atoms with E-state index in [2.05, 4.69) is 10.3 Å². The van der Waals surface area contributed by atoms with Gasteiger partial charge in [-0.05, 0) is 41.0 Å². The van der Waals surface area contributed by atoms with E-state index < -0.39 is 0 Å². The van der Waals surface area contributed by atoms with Crippen LogP contribution in [0.5, 0.6) is 5.75 Å². The van der Waals surface area contributed by atoms with Crippen molar-refractivity contribution in [3.05, 3.63) is 108 Å². The molecule has 0 saturated carbocycles. The molecule has 0 bridgehead atoms. The Bertz CT molecular complexity index is 1160. The first-order valence-corrected chi connectivity index (χ1v) is 9.31. The maximum absolute atomic E-state index is 12.9. The lowest BCUT2D eigenvalue weighted by molar-refractivity contribution is -0.111. The van der Waals surface area contributed by atoms with Crippen LogP contribution in [-0.4, -0.2) is 18.0 Å². The number of aromatic nitrogens is 1. The molecular weight excluding hydrogens is 360 g/mol. The van der Waals surface area contributed by atoms with E-state index in [1.54, 1.807) is 19.4 Å². The number of carbonyl (C=O) groups excluding carboxylic acids is 1. The zero-order chi connectivity index (χ0) is 20.1. The molecule has 0 fully saturated rings. The molecule has 3 aromatic carbocycles. The Morgan fingerprint density at radius 1 is 0.862 bits per heavy atom. The van der Waals surface area contributed by atoms with Gasteiger partial charge in [0.25, 0.3) is 0 Å². The predicted molar refractivity (Wildman–Crippen MR) is 117 cm³/mol. The van der Waals surface area contributed by atoms with Crippen molar-refractivity contribution < 1.29 is 9.53 Å². The van der Waals surface area contributed by atoms with Crippen LogP contribution >= 0.6 is 0 Å². The highest BCUT2D eigenvalue weighted by Gasteiger charge is 2.10. The number of fused-ring (bicyclic) bond motifs is 1. The van der Waals surface area contributed by atoms with Gasteiger partial charge < -0.3 is 10.1 Å². The summed E-state index contributed by atoms with van der Waals surface area (Å²) in [4.78, 5) is 17.3. The SMILES string of the molecule is COc1ccc(/C(=C\C(=O)Nc2cccc3cccnc23)c2ccccc2)cc1. The summed E-state index contributed by atoms with van der Waals surface area (Å²) in [5.41, 5.74) is 4.18. The van der Waals surface area contributed by atoms with Gasteiger partial charge >= 0.3 is 0 Å². The Kier molecular flexibility index (Phi) is 5.34. The lowest BCUT2D eigenvalue weighted by atomic mass is 9.97. The lowest BCUT2D eigenvalue weighted by Gasteiger charge is -2.11. The van der Waals surface area contributed by atoms with Crippen LogP contribution in [0.25, 0.3) is 16.5 Å². The molecule has 0 unspecified atom stereocenters. The summed E-state index contributed by atoms with van der Waals surface area (Å²) in [6, 6.07) is 27.1. The molecule has 142 valence electrons. The van der Waals surface area contributed by atoms with Crippen molar-refractivity contribution >= 4 is 28.1 Å². The molecule has 1 N–H and O–H groups in total. The number of para-hydroxylation sites is 1. The number of methoxy groups -OCH3 is 1. The maximum Gasteiger partial charge on any atom is 0.249 e. The van der Waals surface area contributed by atoms with E-state index in [0.717, 1.165) is 33.4 Å². The first-order valence-electron chi connectivity index (χ1n) is 9.31. The molecule has 0 aliphatic rings. The topological polar surface area (TPSA) is 51.2 Å². The van der Waals surface area contributed by atoms with Gasteiger partial charge in [0.2, 0.25) is 5.91 Å². The van der Waals surface area contributed by atoms with Crippen LogP contribution in [-0.2, 0) is 4.79 Å². The van der Waals surface area contributed by atoms with Crippen LogP contribution in [0.1, 0.15) is 11.1 Å². The summed E-state index contributed by atoms with van der Waals surface area (Å²) in [6.07, 6.45) is 3.35. The van der Waals surface area contributed by atoms with Gasteiger partial charge in [0.1, 0.15) is 5.75 Å². The highest BCUT2D eigenvalue weighted by Crippen LogP contribution is 2.26. The van der Waals surface area contributed by atoms with E-state index in [-0.39, 0.29) is 5.91 Å². The number of hydrogen-bond acceptors (Lipinski definition) is 3. The average Bonchev–Trinajstić information content (AvgIpc) is 2.78. The number of nitrogens with one attached hydrogen (secondary N) is 1. The molecule has 29 heavy (non-hydrogen) atoms. The normalized spacial score (nSPS) is 11.3. The zero-order valence-corrected chi connectivity index (χ0v) is 16.0. The maximum atomic E-state index is 12.9. The number of amides is 1. The quantitative estimate of drug-likeness (QED) is 0.477. The van der Waals surface area contributed by atoms with Gasteiger partial charge in [-0.1, -0.05) is 60.7 Å². The van der Waals surface area contributed by atoms with Crippen molar-refractivity contribution in [1.82, 2.24) is 4.98 Å². The number of pyridine rings is 1.